The molecule has 2 heteroatoms. The topological polar surface area (TPSA) is 0 Å². The van der Waals surface area contributed by atoms with E-state index in [1.807, 2.05) is 0 Å². The van der Waals surface area contributed by atoms with Crippen LogP contribution in [0.4, 0.5) is 0 Å². The summed E-state index contributed by atoms with van der Waals surface area (Å²) in [5.41, 5.74) is 0. The highest BCUT2D eigenvalue weighted by Gasteiger charge is 2.47. The van der Waals surface area contributed by atoms with Crippen molar-refractivity contribution in [3.63, 3.8) is 0 Å². The van der Waals surface area contributed by atoms with Crippen molar-refractivity contribution in [3.8, 4) is 0 Å². The van der Waals surface area contributed by atoms with Crippen molar-refractivity contribution < 1.29 is 8.97 Å². The number of quaternary nitrogens is 2. The van der Waals surface area contributed by atoms with Gasteiger partial charge in [-0.25, -0.2) is 0 Å². The molecule has 0 aromatic carbocycles. The van der Waals surface area contributed by atoms with E-state index >= 15 is 0 Å². The third-order valence-electron chi connectivity index (χ3n) is 5.46. The Morgan fingerprint density at radius 2 is 1.41 bits per heavy atom. The summed E-state index contributed by atoms with van der Waals surface area (Å²) in [7, 11) is 9.85. The lowest BCUT2D eigenvalue weighted by Gasteiger charge is -2.52. The fourth-order valence-corrected chi connectivity index (χ4v) is 4.54. The first-order chi connectivity index (χ1) is 7.83. The van der Waals surface area contributed by atoms with Gasteiger partial charge in [-0.2, -0.15) is 0 Å². The van der Waals surface area contributed by atoms with Crippen LogP contribution in [0.2, 0.25) is 0 Å². The molecule has 2 rings (SSSR count). The molecule has 0 radical (unpaired) electrons. The largest absolute Gasteiger partial charge is 0.321 e. The molecule has 0 aromatic rings. The average molecular weight is 240 g/mol. The van der Waals surface area contributed by atoms with Crippen molar-refractivity contribution in [3.05, 3.63) is 0 Å². The Balaban J connectivity index is 2.15. The Morgan fingerprint density at radius 1 is 0.765 bits per heavy atom. The Hall–Kier alpha value is -0.0800. The van der Waals surface area contributed by atoms with E-state index in [0.717, 1.165) is 18.0 Å². The second-order valence-corrected chi connectivity index (χ2v) is 7.78. The monoisotopic (exact) mass is 240 g/mol. The first-order valence-electron chi connectivity index (χ1n) is 7.48. The summed E-state index contributed by atoms with van der Waals surface area (Å²) in [6.45, 7) is 5.19. The van der Waals surface area contributed by atoms with Gasteiger partial charge in [-0.15, -0.1) is 0 Å². The summed E-state index contributed by atoms with van der Waals surface area (Å²) in [5.74, 6) is 0.917. The van der Waals surface area contributed by atoms with Crippen molar-refractivity contribution >= 4 is 0 Å². The Kier molecular flexibility index (Phi) is 3.57. The van der Waals surface area contributed by atoms with Gasteiger partial charge in [0, 0.05) is 18.8 Å². The Labute approximate surface area is 108 Å². The van der Waals surface area contributed by atoms with Crippen LogP contribution in [-0.2, 0) is 0 Å². The smallest absolute Gasteiger partial charge is 0.141 e. The second kappa shape index (κ2) is 4.55. The number of hydrogen-bond donors (Lipinski definition) is 0. The fourth-order valence-electron chi connectivity index (χ4n) is 4.54. The highest BCUT2D eigenvalue weighted by molar-refractivity contribution is 4.79. The molecule has 3 atom stereocenters. The minimum absolute atomic E-state index is 0.890. The molecule has 0 amide bonds. The summed E-state index contributed by atoms with van der Waals surface area (Å²) >= 11 is 0. The molecule has 2 nitrogen and oxygen atoms in total. The molecular formula is C15H32N2+2. The van der Waals surface area contributed by atoms with E-state index in [0.29, 0.717) is 0 Å². The molecule has 2 unspecified atom stereocenters. The zero-order valence-electron chi connectivity index (χ0n) is 12.6. The average Bonchev–Trinajstić information content (AvgIpc) is 2.17. The van der Waals surface area contributed by atoms with Crippen LogP contribution in [-0.4, -0.2) is 62.3 Å². The molecule has 17 heavy (non-hydrogen) atoms. The molecule has 0 aliphatic carbocycles. The van der Waals surface area contributed by atoms with Crippen LogP contribution in [0.3, 0.4) is 0 Å². The summed E-state index contributed by atoms with van der Waals surface area (Å²) in [6, 6.07) is 1.78. The van der Waals surface area contributed by atoms with E-state index in [4.69, 9.17) is 0 Å². The predicted octanol–water partition coefficient (Wildman–Crippen LogP) is 2.49. The van der Waals surface area contributed by atoms with Gasteiger partial charge < -0.3 is 8.97 Å². The van der Waals surface area contributed by atoms with E-state index in [2.05, 4.69) is 35.1 Å². The maximum absolute atomic E-state index is 2.47. The van der Waals surface area contributed by atoms with E-state index in [1.165, 1.54) is 54.2 Å². The normalized spacial score (nSPS) is 41.1. The Bertz CT molecular complexity index is 270. The summed E-state index contributed by atoms with van der Waals surface area (Å²) in [5, 5.41) is 0. The SMILES string of the molecule is C[C@@H]1CCC(C2CCCC[N+]2(C)C)[N+](C)(C)C1. The minimum Gasteiger partial charge on any atom is -0.321 e. The molecule has 0 aromatic heterocycles. The van der Waals surface area contributed by atoms with Crippen LogP contribution in [0.15, 0.2) is 0 Å². The van der Waals surface area contributed by atoms with Crippen LogP contribution in [0.1, 0.15) is 39.0 Å². The van der Waals surface area contributed by atoms with Crippen molar-refractivity contribution in [2.75, 3.05) is 41.3 Å². The number of rotatable bonds is 1. The van der Waals surface area contributed by atoms with Gasteiger partial charge >= 0.3 is 0 Å². The molecule has 0 spiro atoms. The molecule has 2 aliphatic rings. The molecular weight excluding hydrogens is 208 g/mol. The molecule has 100 valence electrons. The zero-order valence-corrected chi connectivity index (χ0v) is 12.6. The quantitative estimate of drug-likeness (QED) is 0.618. The molecule has 0 saturated carbocycles. The van der Waals surface area contributed by atoms with Gasteiger partial charge in [0.2, 0.25) is 0 Å². The van der Waals surface area contributed by atoms with E-state index < -0.39 is 0 Å². The first kappa shape index (κ1) is 13.4. The van der Waals surface area contributed by atoms with Crippen LogP contribution in [0.25, 0.3) is 0 Å². The van der Waals surface area contributed by atoms with E-state index in [9.17, 15) is 0 Å². The van der Waals surface area contributed by atoms with Crippen LogP contribution in [0.5, 0.6) is 0 Å². The van der Waals surface area contributed by atoms with Gasteiger partial charge in [-0.3, -0.25) is 0 Å². The van der Waals surface area contributed by atoms with Crippen molar-refractivity contribution in [1.82, 2.24) is 0 Å². The van der Waals surface area contributed by atoms with Gasteiger partial charge in [0.15, 0.2) is 0 Å². The van der Waals surface area contributed by atoms with Crippen molar-refractivity contribution in [2.24, 2.45) is 5.92 Å². The first-order valence-corrected chi connectivity index (χ1v) is 7.48. The van der Waals surface area contributed by atoms with Crippen LogP contribution in [0, 0.1) is 5.92 Å². The summed E-state index contributed by atoms with van der Waals surface area (Å²) in [6.07, 6.45) is 7.23. The van der Waals surface area contributed by atoms with Crippen LogP contribution < -0.4 is 0 Å². The summed E-state index contributed by atoms with van der Waals surface area (Å²) < 4.78 is 2.52. The molecule has 0 N–H and O–H groups in total. The summed E-state index contributed by atoms with van der Waals surface area (Å²) in [4.78, 5) is 0. The standard InChI is InChI=1S/C15H32N2/c1-13-9-10-15(17(4,5)12-13)14-8-6-7-11-16(14,2)3/h13-15H,6-12H2,1-5H3/q+2/t13-,14?,15?/m1/s1. The van der Waals surface area contributed by atoms with Gasteiger partial charge in [-0.05, 0) is 19.3 Å². The van der Waals surface area contributed by atoms with Gasteiger partial charge in [0.25, 0.3) is 0 Å². The maximum Gasteiger partial charge on any atom is 0.141 e. The second-order valence-electron chi connectivity index (χ2n) is 7.78. The van der Waals surface area contributed by atoms with E-state index in [-0.39, 0.29) is 0 Å². The maximum atomic E-state index is 2.47. The van der Waals surface area contributed by atoms with Crippen molar-refractivity contribution in [1.29, 1.82) is 0 Å². The lowest BCUT2D eigenvalue weighted by Crippen LogP contribution is -2.67. The van der Waals surface area contributed by atoms with E-state index in [1.54, 1.807) is 0 Å². The molecule has 2 heterocycles. The number of piperidine rings is 2. The zero-order chi connectivity index (χ0) is 12.7. The van der Waals surface area contributed by atoms with Gasteiger partial charge in [0.05, 0.1) is 41.3 Å². The fraction of sp³-hybridized carbons (Fsp3) is 1.00. The molecule has 2 fully saturated rings. The number of nitrogens with zero attached hydrogens (tertiary/aromatic N) is 2. The molecule has 2 aliphatic heterocycles. The lowest BCUT2D eigenvalue weighted by molar-refractivity contribution is -0.989. The Morgan fingerprint density at radius 3 is 2.00 bits per heavy atom. The van der Waals surface area contributed by atoms with Crippen molar-refractivity contribution in [2.45, 2.75) is 51.1 Å². The minimum atomic E-state index is 0.890. The predicted molar refractivity (Wildman–Crippen MR) is 73.8 cm³/mol. The third kappa shape index (κ3) is 2.68. The number of likely N-dealkylation sites (tertiary alicyclic amines) is 2. The highest BCUT2D eigenvalue weighted by atomic mass is 15.4. The number of likely N-dealkylation sites (N-methyl/N-ethyl adjacent to an activating group) is 2. The number of hydrogen-bond acceptors (Lipinski definition) is 0. The lowest BCUT2D eigenvalue weighted by atomic mass is 9.83. The third-order valence-corrected chi connectivity index (χ3v) is 5.46. The van der Waals surface area contributed by atoms with Crippen LogP contribution >= 0.6 is 0 Å². The highest BCUT2D eigenvalue weighted by Crippen LogP contribution is 2.35. The van der Waals surface area contributed by atoms with Gasteiger partial charge in [-0.1, -0.05) is 6.92 Å². The molecule has 2 saturated heterocycles. The molecule has 0 bridgehead atoms. The van der Waals surface area contributed by atoms with Gasteiger partial charge in [0.1, 0.15) is 12.1 Å².